The summed E-state index contributed by atoms with van der Waals surface area (Å²) in [4.78, 5) is -0.0468. The Labute approximate surface area is 126 Å². The van der Waals surface area contributed by atoms with Gasteiger partial charge in [-0.15, -0.1) is 0 Å². The van der Waals surface area contributed by atoms with Gasteiger partial charge in [0, 0.05) is 12.1 Å². The van der Waals surface area contributed by atoms with Crippen molar-refractivity contribution in [2.45, 2.75) is 4.90 Å². The van der Waals surface area contributed by atoms with Gasteiger partial charge in [-0.05, 0) is 31.3 Å². The molecule has 21 heavy (non-hydrogen) atoms. The van der Waals surface area contributed by atoms with Crippen molar-refractivity contribution in [1.82, 2.24) is 4.72 Å². The van der Waals surface area contributed by atoms with E-state index in [2.05, 4.69) is 4.72 Å². The Balaban J connectivity index is 2.30. The van der Waals surface area contributed by atoms with Gasteiger partial charge in [-0.3, -0.25) is 0 Å². The topological polar surface area (TPSA) is 81.4 Å². The third-order valence-electron chi connectivity index (χ3n) is 2.67. The minimum Gasteiger partial charge on any atom is -0.457 e. The van der Waals surface area contributed by atoms with Crippen LogP contribution in [0.5, 0.6) is 11.5 Å². The summed E-state index contributed by atoms with van der Waals surface area (Å²) in [7, 11) is -2.34. The minimum atomic E-state index is -3.63. The minimum absolute atomic E-state index is 0.0371. The number of halogens is 2. The van der Waals surface area contributed by atoms with Gasteiger partial charge in [-0.2, -0.15) is 0 Å². The maximum absolute atomic E-state index is 13.0. The first kappa shape index (κ1) is 15.6. The first-order valence-corrected chi connectivity index (χ1v) is 7.65. The summed E-state index contributed by atoms with van der Waals surface area (Å²) in [5.41, 5.74) is 5.74. The fourth-order valence-corrected chi connectivity index (χ4v) is 2.63. The molecule has 112 valence electrons. The number of hydrogen-bond acceptors (Lipinski definition) is 4. The standard InChI is InChI=1S/C13H12ClFN2O3S/c1-17-21(18,19)13-5-3-9(7-12(13)16)20-8-2-4-11(15)10(14)6-8/h2-7,17H,16H2,1H3. The van der Waals surface area contributed by atoms with Crippen molar-refractivity contribution >= 4 is 27.3 Å². The Bertz CT molecular complexity index is 781. The lowest BCUT2D eigenvalue weighted by Gasteiger charge is -2.10. The summed E-state index contributed by atoms with van der Waals surface area (Å²) in [6, 6.07) is 8.00. The first-order chi connectivity index (χ1) is 9.83. The van der Waals surface area contributed by atoms with Gasteiger partial charge in [0.2, 0.25) is 10.0 Å². The van der Waals surface area contributed by atoms with Crippen LogP contribution in [0.15, 0.2) is 41.3 Å². The summed E-state index contributed by atoms with van der Waals surface area (Å²) in [5.74, 6) is 0.0641. The normalized spacial score (nSPS) is 11.4. The van der Waals surface area contributed by atoms with Crippen LogP contribution in [0.2, 0.25) is 5.02 Å². The highest BCUT2D eigenvalue weighted by molar-refractivity contribution is 7.89. The Hall–Kier alpha value is -1.83. The highest BCUT2D eigenvalue weighted by atomic mass is 35.5. The third kappa shape index (κ3) is 3.44. The van der Waals surface area contributed by atoms with E-state index in [1.54, 1.807) is 0 Å². The molecule has 0 fully saturated rings. The summed E-state index contributed by atoms with van der Waals surface area (Å²) < 4.78 is 44.0. The molecule has 2 rings (SSSR count). The van der Waals surface area contributed by atoms with Gasteiger partial charge >= 0.3 is 0 Å². The molecule has 0 aromatic heterocycles. The number of nitrogens with one attached hydrogen (secondary N) is 1. The summed E-state index contributed by atoms with van der Waals surface area (Å²) in [6.07, 6.45) is 0. The zero-order chi connectivity index (χ0) is 15.6. The van der Waals surface area contributed by atoms with Crippen LogP contribution in [0, 0.1) is 5.82 Å². The number of nitrogen functional groups attached to an aromatic ring is 1. The molecule has 0 atom stereocenters. The van der Waals surface area contributed by atoms with Crippen LogP contribution >= 0.6 is 11.6 Å². The lowest BCUT2D eigenvalue weighted by molar-refractivity contribution is 0.480. The number of ether oxygens (including phenoxy) is 1. The molecule has 0 amide bonds. The lowest BCUT2D eigenvalue weighted by atomic mass is 10.3. The van der Waals surface area contributed by atoms with E-state index in [1.165, 1.54) is 43.4 Å². The Morgan fingerprint density at radius 2 is 1.81 bits per heavy atom. The molecule has 3 N–H and O–H groups in total. The molecule has 0 saturated carbocycles. The van der Waals surface area contributed by atoms with E-state index in [1.807, 2.05) is 0 Å². The van der Waals surface area contributed by atoms with Crippen molar-refractivity contribution in [2.24, 2.45) is 0 Å². The van der Waals surface area contributed by atoms with Gasteiger partial charge in [-0.25, -0.2) is 17.5 Å². The quantitative estimate of drug-likeness (QED) is 0.845. The molecule has 2 aromatic rings. The van der Waals surface area contributed by atoms with Gasteiger partial charge in [0.1, 0.15) is 22.2 Å². The Morgan fingerprint density at radius 1 is 1.19 bits per heavy atom. The van der Waals surface area contributed by atoms with Gasteiger partial charge in [0.25, 0.3) is 0 Å². The summed E-state index contributed by atoms with van der Waals surface area (Å²) >= 11 is 5.65. The number of rotatable bonds is 4. The van der Waals surface area contributed by atoms with Gasteiger partial charge in [-0.1, -0.05) is 11.6 Å². The lowest BCUT2D eigenvalue weighted by Crippen LogP contribution is -2.19. The zero-order valence-electron chi connectivity index (χ0n) is 10.9. The molecule has 0 heterocycles. The summed E-state index contributed by atoms with van der Waals surface area (Å²) in [5, 5.41) is -0.0742. The highest BCUT2D eigenvalue weighted by Gasteiger charge is 2.15. The second-order valence-corrected chi connectivity index (χ2v) is 6.35. The molecule has 0 bridgehead atoms. The van der Waals surface area contributed by atoms with Crippen molar-refractivity contribution in [1.29, 1.82) is 0 Å². The smallest absolute Gasteiger partial charge is 0.242 e. The molecule has 0 radical (unpaired) electrons. The largest absolute Gasteiger partial charge is 0.457 e. The second kappa shape index (κ2) is 5.88. The van der Waals surface area contributed by atoms with Crippen LogP contribution in [-0.2, 0) is 10.0 Å². The molecule has 0 unspecified atom stereocenters. The average Bonchev–Trinajstić information content (AvgIpc) is 2.43. The Morgan fingerprint density at radius 3 is 2.38 bits per heavy atom. The molecular formula is C13H12ClFN2O3S. The third-order valence-corrected chi connectivity index (χ3v) is 4.44. The molecule has 5 nitrogen and oxygen atoms in total. The van der Waals surface area contributed by atoms with Gasteiger partial charge in [0.05, 0.1) is 10.7 Å². The van der Waals surface area contributed by atoms with Gasteiger partial charge in [0.15, 0.2) is 0 Å². The van der Waals surface area contributed by atoms with Crippen LogP contribution in [0.4, 0.5) is 10.1 Å². The van der Waals surface area contributed by atoms with Crippen molar-refractivity contribution in [3.63, 3.8) is 0 Å². The van der Waals surface area contributed by atoms with Gasteiger partial charge < -0.3 is 10.5 Å². The van der Waals surface area contributed by atoms with Crippen LogP contribution < -0.4 is 15.2 Å². The molecule has 2 aromatic carbocycles. The van der Waals surface area contributed by atoms with Crippen molar-refractivity contribution in [3.8, 4) is 11.5 Å². The van der Waals surface area contributed by atoms with Crippen LogP contribution in [0.25, 0.3) is 0 Å². The maximum Gasteiger partial charge on any atom is 0.242 e. The second-order valence-electron chi connectivity index (χ2n) is 4.09. The number of sulfonamides is 1. The molecule has 0 spiro atoms. The number of nitrogens with two attached hydrogens (primary N) is 1. The predicted octanol–water partition coefficient (Wildman–Crippen LogP) is 2.76. The average molecular weight is 331 g/mol. The molecule has 0 saturated heterocycles. The van der Waals surface area contributed by atoms with E-state index in [0.717, 1.165) is 0 Å². The van der Waals surface area contributed by atoms with E-state index in [0.29, 0.717) is 11.5 Å². The van der Waals surface area contributed by atoms with E-state index in [9.17, 15) is 12.8 Å². The number of benzene rings is 2. The highest BCUT2D eigenvalue weighted by Crippen LogP contribution is 2.29. The zero-order valence-corrected chi connectivity index (χ0v) is 12.5. The van der Waals surface area contributed by atoms with E-state index in [-0.39, 0.29) is 15.6 Å². The van der Waals surface area contributed by atoms with Crippen molar-refractivity contribution < 1.29 is 17.5 Å². The van der Waals surface area contributed by atoms with Crippen molar-refractivity contribution in [2.75, 3.05) is 12.8 Å². The van der Waals surface area contributed by atoms with E-state index < -0.39 is 15.8 Å². The fourth-order valence-electron chi connectivity index (χ4n) is 1.62. The molecule has 0 aliphatic carbocycles. The van der Waals surface area contributed by atoms with Crippen LogP contribution in [0.1, 0.15) is 0 Å². The predicted molar refractivity (Wildman–Crippen MR) is 78.6 cm³/mol. The summed E-state index contributed by atoms with van der Waals surface area (Å²) in [6.45, 7) is 0. The molecule has 0 aliphatic heterocycles. The SMILES string of the molecule is CNS(=O)(=O)c1ccc(Oc2ccc(F)c(Cl)c2)cc1N. The van der Waals surface area contributed by atoms with Crippen molar-refractivity contribution in [3.05, 3.63) is 47.2 Å². The van der Waals surface area contributed by atoms with E-state index >= 15 is 0 Å². The molecule has 0 aliphatic rings. The molecular weight excluding hydrogens is 319 g/mol. The number of anilines is 1. The molecule has 8 heteroatoms. The van der Waals surface area contributed by atoms with Crippen LogP contribution in [0.3, 0.4) is 0 Å². The fraction of sp³-hybridized carbons (Fsp3) is 0.0769. The van der Waals surface area contributed by atoms with E-state index in [4.69, 9.17) is 22.1 Å². The monoisotopic (exact) mass is 330 g/mol. The van der Waals surface area contributed by atoms with Crippen LogP contribution in [-0.4, -0.2) is 15.5 Å². The Kier molecular flexibility index (Phi) is 4.36. The number of hydrogen-bond donors (Lipinski definition) is 2. The first-order valence-electron chi connectivity index (χ1n) is 5.79. The maximum atomic E-state index is 13.0.